The molecule has 2 aromatic heterocycles. The molecule has 2 rings (SSSR count). The molecular weight excluding hydrogens is 239 g/mol. The largest absolute Gasteiger partial charge is 0.304 e. The number of nitrogens with zero attached hydrogens (tertiary/aromatic N) is 2. The molecule has 2 heterocycles. The minimum absolute atomic E-state index is 0.681. The third-order valence-corrected chi connectivity index (χ3v) is 2.27. The van der Waals surface area contributed by atoms with Crippen LogP contribution in [0.15, 0.2) is 23.1 Å². The van der Waals surface area contributed by atoms with Gasteiger partial charge in [-0.3, -0.25) is 0 Å². The van der Waals surface area contributed by atoms with Gasteiger partial charge in [0.2, 0.25) is 0 Å². The van der Waals surface area contributed by atoms with Gasteiger partial charge in [-0.15, -0.1) is 0 Å². The van der Waals surface area contributed by atoms with Gasteiger partial charge in [0.15, 0.2) is 5.65 Å². The van der Waals surface area contributed by atoms with Crippen molar-refractivity contribution in [3.63, 3.8) is 0 Å². The fourth-order valence-corrected chi connectivity index (χ4v) is 1.86. The van der Waals surface area contributed by atoms with Crippen LogP contribution < -0.4 is 0 Å². The molecule has 0 radical (unpaired) electrons. The summed E-state index contributed by atoms with van der Waals surface area (Å²) in [5.41, 5.74) is 1.91. The summed E-state index contributed by atoms with van der Waals surface area (Å²) in [6.45, 7) is 2.00. The highest BCUT2D eigenvalue weighted by molar-refractivity contribution is 9.10. The zero-order valence-electron chi connectivity index (χ0n) is 6.38. The number of halogens is 2. The summed E-state index contributed by atoms with van der Waals surface area (Å²) in [5.74, 6) is 0. The monoisotopic (exact) mass is 244 g/mol. The molecule has 0 aliphatic heterocycles. The maximum absolute atomic E-state index is 5.97. The Hall–Kier alpha value is -0.540. The summed E-state index contributed by atoms with van der Waals surface area (Å²) in [4.78, 5) is 4.20. The van der Waals surface area contributed by atoms with E-state index < -0.39 is 0 Å². The molecule has 0 aliphatic carbocycles. The standard InChI is InChI=1S/C8H6BrClN2/c1-5-2-6(10)8-11-7(9)4-12(8)3-5/h2-4H,1H3. The first-order valence-electron chi connectivity index (χ1n) is 3.47. The zero-order chi connectivity index (χ0) is 8.72. The van der Waals surface area contributed by atoms with Gasteiger partial charge in [-0.2, -0.15) is 0 Å². The van der Waals surface area contributed by atoms with Gasteiger partial charge in [-0.05, 0) is 34.5 Å². The fraction of sp³-hybridized carbons (Fsp3) is 0.125. The lowest BCUT2D eigenvalue weighted by Crippen LogP contribution is -1.85. The third-order valence-electron chi connectivity index (χ3n) is 1.61. The number of hydrogen-bond donors (Lipinski definition) is 0. The van der Waals surface area contributed by atoms with Gasteiger partial charge >= 0.3 is 0 Å². The van der Waals surface area contributed by atoms with Crippen molar-refractivity contribution >= 4 is 33.2 Å². The molecule has 0 spiro atoms. The van der Waals surface area contributed by atoms with Gasteiger partial charge in [-0.1, -0.05) is 11.6 Å². The fourth-order valence-electron chi connectivity index (χ4n) is 1.16. The summed E-state index contributed by atoms with van der Waals surface area (Å²) < 4.78 is 2.71. The van der Waals surface area contributed by atoms with E-state index in [1.165, 1.54) is 0 Å². The maximum Gasteiger partial charge on any atom is 0.156 e. The topological polar surface area (TPSA) is 17.3 Å². The minimum atomic E-state index is 0.681. The molecule has 62 valence electrons. The molecule has 0 saturated heterocycles. The number of imidazole rings is 1. The molecule has 0 aromatic carbocycles. The summed E-state index contributed by atoms with van der Waals surface area (Å²) in [5, 5.41) is 0.681. The van der Waals surface area contributed by atoms with E-state index in [1.807, 2.05) is 29.8 Å². The predicted molar refractivity (Wildman–Crippen MR) is 52.6 cm³/mol. The number of aromatic nitrogens is 2. The zero-order valence-corrected chi connectivity index (χ0v) is 8.72. The highest BCUT2D eigenvalue weighted by Gasteiger charge is 2.03. The number of pyridine rings is 1. The smallest absolute Gasteiger partial charge is 0.156 e. The van der Waals surface area contributed by atoms with Crippen LogP contribution >= 0.6 is 27.5 Å². The average molecular weight is 246 g/mol. The van der Waals surface area contributed by atoms with Crippen molar-refractivity contribution in [2.45, 2.75) is 6.92 Å². The summed E-state index contributed by atoms with van der Waals surface area (Å²) in [6, 6.07) is 1.90. The predicted octanol–water partition coefficient (Wildman–Crippen LogP) is 3.06. The summed E-state index contributed by atoms with van der Waals surface area (Å²) in [7, 11) is 0. The number of aryl methyl sites for hydroxylation is 1. The molecule has 2 nitrogen and oxygen atoms in total. The van der Waals surface area contributed by atoms with E-state index in [1.54, 1.807) is 0 Å². The Morgan fingerprint density at radius 3 is 3.00 bits per heavy atom. The van der Waals surface area contributed by atoms with Crippen LogP contribution in [0.4, 0.5) is 0 Å². The molecule has 0 unspecified atom stereocenters. The Morgan fingerprint density at radius 2 is 2.25 bits per heavy atom. The Kier molecular flexibility index (Phi) is 1.85. The molecule has 12 heavy (non-hydrogen) atoms. The van der Waals surface area contributed by atoms with Crippen molar-refractivity contribution in [3.05, 3.63) is 33.6 Å². The molecular formula is C8H6BrClN2. The first-order chi connectivity index (χ1) is 5.66. The van der Waals surface area contributed by atoms with Crippen molar-refractivity contribution in [1.29, 1.82) is 0 Å². The van der Waals surface area contributed by atoms with Crippen LogP contribution in [0.2, 0.25) is 5.02 Å². The summed E-state index contributed by atoms with van der Waals surface area (Å²) >= 11 is 9.26. The van der Waals surface area contributed by atoms with E-state index in [4.69, 9.17) is 11.6 Å². The normalized spacial score (nSPS) is 10.9. The van der Waals surface area contributed by atoms with Crippen molar-refractivity contribution in [3.8, 4) is 0 Å². The summed E-state index contributed by atoms with van der Waals surface area (Å²) in [6.07, 6.45) is 3.87. The van der Waals surface area contributed by atoms with E-state index >= 15 is 0 Å². The van der Waals surface area contributed by atoms with Crippen molar-refractivity contribution in [1.82, 2.24) is 9.38 Å². The van der Waals surface area contributed by atoms with E-state index in [0.717, 1.165) is 15.8 Å². The van der Waals surface area contributed by atoms with E-state index in [-0.39, 0.29) is 0 Å². The molecule has 0 N–H and O–H groups in total. The maximum atomic E-state index is 5.97. The Labute approximate surface area is 83.3 Å². The van der Waals surface area contributed by atoms with Gasteiger partial charge in [0.05, 0.1) is 5.02 Å². The molecule has 0 saturated carbocycles. The first kappa shape index (κ1) is 8.08. The second-order valence-electron chi connectivity index (χ2n) is 2.66. The molecule has 0 bridgehead atoms. The van der Waals surface area contributed by atoms with Gasteiger partial charge in [0, 0.05) is 12.4 Å². The van der Waals surface area contributed by atoms with Gasteiger partial charge in [0.1, 0.15) is 4.60 Å². The average Bonchev–Trinajstić information content (AvgIpc) is 2.29. The van der Waals surface area contributed by atoms with Gasteiger partial charge in [-0.25, -0.2) is 4.98 Å². The van der Waals surface area contributed by atoms with Crippen molar-refractivity contribution < 1.29 is 0 Å². The van der Waals surface area contributed by atoms with Crippen LogP contribution in [0.1, 0.15) is 5.56 Å². The second kappa shape index (κ2) is 2.75. The number of fused-ring (bicyclic) bond motifs is 1. The molecule has 0 fully saturated rings. The van der Waals surface area contributed by atoms with Crippen LogP contribution in [0, 0.1) is 6.92 Å². The van der Waals surface area contributed by atoms with Crippen molar-refractivity contribution in [2.75, 3.05) is 0 Å². The SMILES string of the molecule is Cc1cc(Cl)c2nc(Br)cn2c1. The van der Waals surface area contributed by atoms with E-state index in [2.05, 4.69) is 20.9 Å². The lowest BCUT2D eigenvalue weighted by molar-refractivity contribution is 1.16. The molecule has 0 atom stereocenters. The third kappa shape index (κ3) is 1.23. The van der Waals surface area contributed by atoms with Crippen LogP contribution in [0.25, 0.3) is 5.65 Å². The Balaban J connectivity index is 2.88. The first-order valence-corrected chi connectivity index (χ1v) is 4.64. The lowest BCUT2D eigenvalue weighted by Gasteiger charge is -1.97. The lowest BCUT2D eigenvalue weighted by atomic mass is 10.3. The highest BCUT2D eigenvalue weighted by atomic mass is 79.9. The molecule has 2 aromatic rings. The number of rotatable bonds is 0. The Morgan fingerprint density at radius 1 is 1.50 bits per heavy atom. The van der Waals surface area contributed by atoms with Gasteiger partial charge in [0.25, 0.3) is 0 Å². The highest BCUT2D eigenvalue weighted by Crippen LogP contribution is 2.20. The minimum Gasteiger partial charge on any atom is -0.304 e. The molecule has 0 aliphatic rings. The number of hydrogen-bond acceptors (Lipinski definition) is 1. The quantitative estimate of drug-likeness (QED) is 0.697. The van der Waals surface area contributed by atoms with Crippen molar-refractivity contribution in [2.24, 2.45) is 0 Å². The molecule has 0 amide bonds. The van der Waals surface area contributed by atoms with Crippen LogP contribution in [-0.4, -0.2) is 9.38 Å². The van der Waals surface area contributed by atoms with Crippen LogP contribution in [0.3, 0.4) is 0 Å². The van der Waals surface area contributed by atoms with E-state index in [9.17, 15) is 0 Å². The van der Waals surface area contributed by atoms with Crippen LogP contribution in [-0.2, 0) is 0 Å². The Bertz CT molecular complexity index is 436. The molecule has 4 heteroatoms. The van der Waals surface area contributed by atoms with Gasteiger partial charge < -0.3 is 4.40 Å². The van der Waals surface area contributed by atoms with E-state index in [0.29, 0.717) is 5.02 Å². The van der Waals surface area contributed by atoms with Crippen LogP contribution in [0.5, 0.6) is 0 Å². The second-order valence-corrected chi connectivity index (χ2v) is 3.88.